The van der Waals surface area contributed by atoms with E-state index < -0.39 is 5.92 Å². The molecule has 0 aliphatic rings. The van der Waals surface area contributed by atoms with Gasteiger partial charge in [-0.2, -0.15) is 5.26 Å². The second-order valence-electron chi connectivity index (χ2n) is 4.09. The minimum Gasteiger partial charge on any atom is -0.352 e. The van der Waals surface area contributed by atoms with Gasteiger partial charge in [-0.15, -0.1) is 0 Å². The van der Waals surface area contributed by atoms with E-state index in [1.807, 2.05) is 13.0 Å². The number of nitriles is 1. The van der Waals surface area contributed by atoms with Gasteiger partial charge in [-0.1, -0.05) is 12.1 Å². The number of nitrogens with one attached hydrogen (secondary N) is 1. The number of carbonyl (C=O) groups excluding carboxylic acids is 1. The Balaban J connectivity index is 2.50. The van der Waals surface area contributed by atoms with Crippen LogP contribution in [0.4, 0.5) is 4.39 Å². The van der Waals surface area contributed by atoms with Gasteiger partial charge in [-0.3, -0.25) is 4.79 Å². The lowest BCUT2D eigenvalue weighted by molar-refractivity contribution is -0.123. The molecule has 1 N–H and O–H groups in total. The van der Waals surface area contributed by atoms with E-state index in [1.165, 1.54) is 12.1 Å². The summed E-state index contributed by atoms with van der Waals surface area (Å²) in [6.07, 6.45) is 0.615. The van der Waals surface area contributed by atoms with Crippen LogP contribution in [0.3, 0.4) is 0 Å². The molecule has 0 aromatic heterocycles. The summed E-state index contributed by atoms with van der Waals surface area (Å²) in [7, 11) is 0. The van der Waals surface area contributed by atoms with Gasteiger partial charge >= 0.3 is 0 Å². The highest BCUT2D eigenvalue weighted by atomic mass is 19.1. The summed E-state index contributed by atoms with van der Waals surface area (Å²) in [5, 5.41) is 11.3. The van der Waals surface area contributed by atoms with Gasteiger partial charge in [-0.25, -0.2) is 4.39 Å². The molecule has 0 radical (unpaired) electrons. The Hall–Kier alpha value is -1.89. The van der Waals surface area contributed by atoms with Crippen LogP contribution >= 0.6 is 0 Å². The van der Waals surface area contributed by atoms with Crippen molar-refractivity contribution in [2.45, 2.75) is 26.3 Å². The lowest BCUT2D eigenvalue weighted by atomic mass is 10.1. The summed E-state index contributed by atoms with van der Waals surface area (Å²) in [4.78, 5) is 11.4. The summed E-state index contributed by atoms with van der Waals surface area (Å²) in [5.41, 5.74) is 0.948. The first-order valence-corrected chi connectivity index (χ1v) is 5.47. The van der Waals surface area contributed by atoms with Crippen molar-refractivity contribution >= 4 is 5.91 Å². The zero-order valence-corrected chi connectivity index (χ0v) is 9.90. The van der Waals surface area contributed by atoms with Gasteiger partial charge in [0.1, 0.15) is 11.7 Å². The molecule has 0 saturated heterocycles. The van der Waals surface area contributed by atoms with Crippen LogP contribution in [-0.4, -0.2) is 11.9 Å². The second-order valence-corrected chi connectivity index (χ2v) is 4.09. The molecule has 1 amide bonds. The normalized spacial score (nSPS) is 13.5. The van der Waals surface area contributed by atoms with Gasteiger partial charge in [-0.05, 0) is 38.0 Å². The summed E-state index contributed by atoms with van der Waals surface area (Å²) in [6.45, 7) is 3.41. The maximum Gasteiger partial charge on any atom is 0.237 e. The van der Waals surface area contributed by atoms with Crippen molar-refractivity contribution in [2.75, 3.05) is 0 Å². The fourth-order valence-corrected chi connectivity index (χ4v) is 1.45. The molecule has 90 valence electrons. The van der Waals surface area contributed by atoms with Gasteiger partial charge in [0.05, 0.1) is 6.07 Å². The molecule has 0 fully saturated rings. The molecule has 1 rings (SSSR count). The van der Waals surface area contributed by atoms with Gasteiger partial charge in [0.2, 0.25) is 5.91 Å². The number of amides is 1. The molecule has 17 heavy (non-hydrogen) atoms. The fourth-order valence-electron chi connectivity index (χ4n) is 1.45. The molecular weight excluding hydrogens is 219 g/mol. The van der Waals surface area contributed by atoms with E-state index in [2.05, 4.69) is 5.32 Å². The molecule has 2 unspecified atom stereocenters. The van der Waals surface area contributed by atoms with Crippen LogP contribution in [0.1, 0.15) is 19.4 Å². The Morgan fingerprint density at radius 1 is 1.41 bits per heavy atom. The molecule has 3 nitrogen and oxygen atoms in total. The highest BCUT2D eigenvalue weighted by Gasteiger charge is 2.14. The first-order valence-electron chi connectivity index (χ1n) is 5.47. The maximum atomic E-state index is 12.7. The first-order chi connectivity index (χ1) is 8.02. The van der Waals surface area contributed by atoms with E-state index >= 15 is 0 Å². The van der Waals surface area contributed by atoms with Gasteiger partial charge in [0.15, 0.2) is 0 Å². The minimum absolute atomic E-state index is 0.0799. The summed E-state index contributed by atoms with van der Waals surface area (Å²) < 4.78 is 12.7. The first kappa shape index (κ1) is 13.2. The van der Waals surface area contributed by atoms with E-state index in [4.69, 9.17) is 5.26 Å². The third kappa shape index (κ3) is 4.23. The zero-order valence-electron chi connectivity index (χ0n) is 9.90. The number of rotatable bonds is 4. The monoisotopic (exact) mass is 234 g/mol. The molecule has 1 aromatic carbocycles. The third-order valence-electron chi connectivity index (χ3n) is 2.43. The standard InChI is InChI=1S/C13H15FN2O/c1-9(8-15)13(17)16-10(2)7-11-3-5-12(14)6-4-11/h3-6,9-10H,7H2,1-2H3,(H,16,17). The van der Waals surface area contributed by atoms with E-state index in [1.54, 1.807) is 19.1 Å². The summed E-state index contributed by atoms with van der Waals surface area (Å²) in [6, 6.07) is 7.95. The van der Waals surface area contributed by atoms with Crippen molar-refractivity contribution < 1.29 is 9.18 Å². The Kier molecular flexibility index (Phi) is 4.65. The number of benzene rings is 1. The number of nitrogens with zero attached hydrogens (tertiary/aromatic N) is 1. The van der Waals surface area contributed by atoms with Gasteiger partial charge < -0.3 is 5.32 Å². The quantitative estimate of drug-likeness (QED) is 0.866. The van der Waals surface area contributed by atoms with Crippen LogP contribution < -0.4 is 5.32 Å². The lowest BCUT2D eigenvalue weighted by Gasteiger charge is -2.14. The van der Waals surface area contributed by atoms with Crippen molar-refractivity contribution in [3.63, 3.8) is 0 Å². The average Bonchev–Trinajstić information content (AvgIpc) is 2.30. The Morgan fingerprint density at radius 2 is 2.00 bits per heavy atom. The maximum absolute atomic E-state index is 12.7. The molecule has 0 aliphatic carbocycles. The van der Waals surface area contributed by atoms with Crippen molar-refractivity contribution in [3.8, 4) is 6.07 Å². The van der Waals surface area contributed by atoms with Crippen LogP contribution in [0.25, 0.3) is 0 Å². The molecular formula is C13H15FN2O. The average molecular weight is 234 g/mol. The van der Waals surface area contributed by atoms with Crippen molar-refractivity contribution in [2.24, 2.45) is 5.92 Å². The second kappa shape index (κ2) is 6.00. The fraction of sp³-hybridized carbons (Fsp3) is 0.385. The third-order valence-corrected chi connectivity index (χ3v) is 2.43. The molecule has 1 aromatic rings. The highest BCUT2D eigenvalue weighted by molar-refractivity contribution is 5.80. The number of hydrogen-bond donors (Lipinski definition) is 1. The molecule has 0 aliphatic heterocycles. The van der Waals surface area contributed by atoms with E-state index in [0.29, 0.717) is 6.42 Å². The van der Waals surface area contributed by atoms with E-state index in [0.717, 1.165) is 5.56 Å². The van der Waals surface area contributed by atoms with Crippen molar-refractivity contribution in [1.29, 1.82) is 5.26 Å². The smallest absolute Gasteiger partial charge is 0.237 e. The molecule has 0 heterocycles. The van der Waals surface area contributed by atoms with Gasteiger partial charge in [0.25, 0.3) is 0 Å². The summed E-state index contributed by atoms with van der Waals surface area (Å²) >= 11 is 0. The molecule has 0 spiro atoms. The SMILES string of the molecule is CC(Cc1ccc(F)cc1)NC(=O)C(C)C#N. The van der Waals surface area contributed by atoms with Crippen molar-refractivity contribution in [3.05, 3.63) is 35.6 Å². The molecule has 2 atom stereocenters. The van der Waals surface area contributed by atoms with Crippen LogP contribution in [0.2, 0.25) is 0 Å². The topological polar surface area (TPSA) is 52.9 Å². The number of carbonyl (C=O) groups is 1. The van der Waals surface area contributed by atoms with Crippen LogP contribution in [0.5, 0.6) is 0 Å². The predicted molar refractivity (Wildman–Crippen MR) is 62.5 cm³/mol. The van der Waals surface area contributed by atoms with Gasteiger partial charge in [0, 0.05) is 6.04 Å². The summed E-state index contributed by atoms with van der Waals surface area (Å²) in [5.74, 6) is -1.20. The Bertz CT molecular complexity index is 422. The van der Waals surface area contributed by atoms with Crippen LogP contribution in [0.15, 0.2) is 24.3 Å². The predicted octanol–water partition coefficient (Wildman–Crippen LogP) is 2.03. The van der Waals surface area contributed by atoms with E-state index in [9.17, 15) is 9.18 Å². The van der Waals surface area contributed by atoms with Crippen LogP contribution in [0, 0.1) is 23.1 Å². The Labute approximate surface area is 100 Å². The van der Waals surface area contributed by atoms with Crippen LogP contribution in [-0.2, 0) is 11.2 Å². The largest absolute Gasteiger partial charge is 0.352 e. The number of hydrogen-bond acceptors (Lipinski definition) is 2. The molecule has 0 bridgehead atoms. The Morgan fingerprint density at radius 3 is 2.53 bits per heavy atom. The lowest BCUT2D eigenvalue weighted by Crippen LogP contribution is -2.37. The number of halogens is 1. The van der Waals surface area contributed by atoms with E-state index in [-0.39, 0.29) is 17.8 Å². The van der Waals surface area contributed by atoms with Crippen molar-refractivity contribution in [1.82, 2.24) is 5.32 Å². The molecule has 0 saturated carbocycles. The molecule has 4 heteroatoms. The highest BCUT2D eigenvalue weighted by Crippen LogP contribution is 2.06. The minimum atomic E-state index is -0.648. The zero-order chi connectivity index (χ0) is 12.8.